The number of carbonyl (C=O) groups is 1. The highest BCUT2D eigenvalue weighted by molar-refractivity contribution is 8.00. The Kier molecular flexibility index (Phi) is 5.74. The molecule has 0 spiro atoms. The van der Waals surface area contributed by atoms with E-state index in [2.05, 4.69) is 10.0 Å². The van der Waals surface area contributed by atoms with Gasteiger partial charge in [-0.15, -0.1) is 0 Å². The first kappa shape index (κ1) is 19.7. The molecule has 4 rings (SSSR count). The summed E-state index contributed by atoms with van der Waals surface area (Å²) in [6.07, 6.45) is 5.28. The van der Waals surface area contributed by atoms with E-state index in [9.17, 15) is 19.6 Å². The van der Waals surface area contributed by atoms with Gasteiger partial charge in [0.25, 0.3) is 0 Å². The first-order chi connectivity index (χ1) is 14.1. The fraction of sp³-hybridized carbons (Fsp3) is 0.364. The second-order valence-corrected chi connectivity index (χ2v) is 8.42. The third-order valence-corrected chi connectivity index (χ3v) is 6.39. The van der Waals surface area contributed by atoms with Crippen LogP contribution in [0.15, 0.2) is 35.2 Å². The van der Waals surface area contributed by atoms with Crippen molar-refractivity contribution in [3.05, 3.63) is 58.4 Å². The van der Waals surface area contributed by atoms with Gasteiger partial charge in [-0.1, -0.05) is 12.5 Å². The minimum absolute atomic E-state index is 0.00522. The van der Waals surface area contributed by atoms with Gasteiger partial charge in [0.05, 0.1) is 16.8 Å². The van der Waals surface area contributed by atoms with Crippen LogP contribution >= 0.6 is 11.9 Å². The van der Waals surface area contributed by atoms with E-state index in [0.717, 1.165) is 54.7 Å². The molecule has 0 bridgehead atoms. The third kappa shape index (κ3) is 4.39. The highest BCUT2D eigenvalue weighted by atomic mass is 32.2. The minimum atomic E-state index is -0.963. The second-order valence-electron chi connectivity index (χ2n) is 7.57. The predicted octanol–water partition coefficient (Wildman–Crippen LogP) is 5.21. The quantitative estimate of drug-likeness (QED) is 0.566. The van der Waals surface area contributed by atoms with Gasteiger partial charge in [-0.25, -0.2) is 9.18 Å². The number of aromatic carboxylic acids is 1. The zero-order chi connectivity index (χ0) is 20.4. The second kappa shape index (κ2) is 8.44. The molecule has 2 fully saturated rings. The van der Waals surface area contributed by atoms with E-state index >= 15 is 0 Å². The molecule has 1 aliphatic heterocycles. The van der Waals surface area contributed by atoms with Gasteiger partial charge in [0.15, 0.2) is 0 Å². The van der Waals surface area contributed by atoms with E-state index in [0.29, 0.717) is 11.6 Å². The Hall–Kier alpha value is -2.56. The lowest BCUT2D eigenvalue weighted by molar-refractivity contribution is 0.0696. The molecular formula is C22H22FN3O2S. The predicted molar refractivity (Wildman–Crippen MR) is 111 cm³/mol. The molecule has 0 aromatic heterocycles. The van der Waals surface area contributed by atoms with Crippen molar-refractivity contribution in [1.29, 1.82) is 5.26 Å². The molecule has 2 aromatic rings. The Balaban J connectivity index is 1.65. The van der Waals surface area contributed by atoms with Crippen molar-refractivity contribution in [2.24, 2.45) is 0 Å². The first-order valence-corrected chi connectivity index (χ1v) is 10.7. The van der Waals surface area contributed by atoms with Crippen LogP contribution in [-0.4, -0.2) is 17.6 Å². The average Bonchev–Trinajstić information content (AvgIpc) is 3.58. The number of carboxylic acid groups (broad SMARTS) is 1. The van der Waals surface area contributed by atoms with Gasteiger partial charge < -0.3 is 15.1 Å². The van der Waals surface area contributed by atoms with E-state index in [1.165, 1.54) is 18.0 Å². The molecular weight excluding hydrogens is 389 g/mol. The molecule has 1 saturated carbocycles. The lowest BCUT2D eigenvalue weighted by Gasteiger charge is -2.26. The standard InChI is InChI=1S/C22H22FN3O2S/c23-18-11-17(19-3-1-2-8-25-19)20(9-15(18)12-24)26-29-21-10-14(22(27)28)6-7-16(21)13-4-5-13/h6-7,9-11,13,19,25-26H,1-5,8H2,(H,27,28). The van der Waals surface area contributed by atoms with Crippen LogP contribution in [0.2, 0.25) is 0 Å². The molecule has 0 radical (unpaired) electrons. The topological polar surface area (TPSA) is 85.2 Å². The van der Waals surface area contributed by atoms with Crippen LogP contribution in [0.5, 0.6) is 0 Å². The van der Waals surface area contributed by atoms with Crippen molar-refractivity contribution in [2.45, 2.75) is 49.0 Å². The summed E-state index contributed by atoms with van der Waals surface area (Å²) in [6.45, 7) is 0.880. The van der Waals surface area contributed by atoms with E-state index < -0.39 is 11.8 Å². The number of rotatable bonds is 6. The van der Waals surface area contributed by atoms with Crippen LogP contribution < -0.4 is 10.0 Å². The van der Waals surface area contributed by atoms with Crippen molar-refractivity contribution < 1.29 is 14.3 Å². The van der Waals surface area contributed by atoms with Crippen molar-refractivity contribution >= 4 is 23.6 Å². The van der Waals surface area contributed by atoms with Crippen LogP contribution in [0.3, 0.4) is 0 Å². The molecule has 150 valence electrons. The van der Waals surface area contributed by atoms with Gasteiger partial charge in [0.2, 0.25) is 0 Å². The molecule has 7 heteroatoms. The van der Waals surface area contributed by atoms with Crippen molar-refractivity contribution in [3.63, 3.8) is 0 Å². The lowest BCUT2D eigenvalue weighted by atomic mass is 9.95. The Morgan fingerprint density at radius 3 is 2.69 bits per heavy atom. The molecule has 2 aliphatic rings. The zero-order valence-corrected chi connectivity index (χ0v) is 16.7. The SMILES string of the molecule is N#Cc1cc(NSc2cc(C(=O)O)ccc2C2CC2)c(C2CCCCN2)cc1F. The summed E-state index contributed by atoms with van der Waals surface area (Å²) in [4.78, 5) is 12.2. The summed E-state index contributed by atoms with van der Waals surface area (Å²) in [5.74, 6) is -1.02. The van der Waals surface area contributed by atoms with Gasteiger partial charge in [-0.3, -0.25) is 0 Å². The summed E-state index contributed by atoms with van der Waals surface area (Å²) in [6, 6.07) is 10.1. The number of carboxylic acids is 1. The molecule has 1 heterocycles. The molecule has 3 N–H and O–H groups in total. The minimum Gasteiger partial charge on any atom is -0.478 e. The van der Waals surface area contributed by atoms with E-state index in [1.54, 1.807) is 18.2 Å². The molecule has 1 unspecified atom stereocenters. The fourth-order valence-electron chi connectivity index (χ4n) is 3.77. The summed E-state index contributed by atoms with van der Waals surface area (Å²) in [7, 11) is 0. The highest BCUT2D eigenvalue weighted by Gasteiger charge is 2.27. The maximum Gasteiger partial charge on any atom is 0.335 e. The molecule has 1 atom stereocenters. The number of nitrogens with one attached hydrogen (secondary N) is 2. The molecule has 0 amide bonds. The van der Waals surface area contributed by atoms with E-state index in [-0.39, 0.29) is 17.2 Å². The Labute approximate surface area is 173 Å². The van der Waals surface area contributed by atoms with Crippen LogP contribution in [0, 0.1) is 17.1 Å². The molecule has 2 aromatic carbocycles. The molecule has 1 aliphatic carbocycles. The highest BCUT2D eigenvalue weighted by Crippen LogP contribution is 2.45. The fourth-order valence-corrected chi connectivity index (χ4v) is 4.70. The van der Waals surface area contributed by atoms with Gasteiger partial charge in [-0.05, 0) is 85.5 Å². The Morgan fingerprint density at radius 2 is 2.03 bits per heavy atom. The molecule has 1 saturated heterocycles. The number of anilines is 1. The summed E-state index contributed by atoms with van der Waals surface area (Å²) in [5.41, 5.74) is 2.86. The van der Waals surface area contributed by atoms with Gasteiger partial charge >= 0.3 is 5.97 Å². The number of nitrogens with zero attached hydrogens (tertiary/aromatic N) is 1. The largest absolute Gasteiger partial charge is 0.478 e. The number of hydrogen-bond donors (Lipinski definition) is 3. The molecule has 5 nitrogen and oxygen atoms in total. The van der Waals surface area contributed by atoms with Gasteiger partial charge in [0.1, 0.15) is 11.9 Å². The first-order valence-electron chi connectivity index (χ1n) is 9.84. The number of piperidine rings is 1. The lowest BCUT2D eigenvalue weighted by Crippen LogP contribution is -2.27. The number of halogens is 1. The van der Waals surface area contributed by atoms with E-state index in [4.69, 9.17) is 0 Å². The summed E-state index contributed by atoms with van der Waals surface area (Å²) >= 11 is 1.33. The van der Waals surface area contributed by atoms with E-state index in [1.807, 2.05) is 12.1 Å². The van der Waals surface area contributed by atoms with Crippen LogP contribution in [0.25, 0.3) is 0 Å². The smallest absolute Gasteiger partial charge is 0.335 e. The monoisotopic (exact) mass is 411 g/mol. The number of benzene rings is 2. The summed E-state index contributed by atoms with van der Waals surface area (Å²) in [5, 5.41) is 22.0. The van der Waals surface area contributed by atoms with Crippen LogP contribution in [0.1, 0.15) is 71.1 Å². The molecule has 29 heavy (non-hydrogen) atoms. The maximum atomic E-state index is 14.3. The normalized spacial score (nSPS) is 18.8. The van der Waals surface area contributed by atoms with Crippen LogP contribution in [-0.2, 0) is 0 Å². The average molecular weight is 412 g/mol. The number of nitriles is 1. The zero-order valence-electron chi connectivity index (χ0n) is 15.9. The van der Waals surface area contributed by atoms with Gasteiger partial charge in [-0.2, -0.15) is 5.26 Å². The van der Waals surface area contributed by atoms with Gasteiger partial charge in [0, 0.05) is 10.9 Å². The van der Waals surface area contributed by atoms with Crippen LogP contribution in [0.4, 0.5) is 10.1 Å². The Morgan fingerprint density at radius 1 is 1.21 bits per heavy atom. The van der Waals surface area contributed by atoms with Crippen molar-refractivity contribution in [1.82, 2.24) is 5.32 Å². The maximum absolute atomic E-state index is 14.3. The van der Waals surface area contributed by atoms with Crippen molar-refractivity contribution in [3.8, 4) is 6.07 Å². The van der Waals surface area contributed by atoms with Crippen molar-refractivity contribution in [2.75, 3.05) is 11.3 Å². The summed E-state index contributed by atoms with van der Waals surface area (Å²) < 4.78 is 17.6. The Bertz CT molecular complexity index is 979. The third-order valence-electron chi connectivity index (χ3n) is 5.49. The number of hydrogen-bond acceptors (Lipinski definition) is 5.